The zero-order chi connectivity index (χ0) is 31.2. The maximum absolute atomic E-state index is 12.7. The van der Waals surface area contributed by atoms with Gasteiger partial charge in [0.1, 0.15) is 45.4 Å². The van der Waals surface area contributed by atoms with E-state index in [1.54, 1.807) is 12.1 Å². The Balaban J connectivity index is 1.62. The lowest BCUT2D eigenvalue weighted by atomic mass is 9.86. The van der Waals surface area contributed by atoms with Gasteiger partial charge in [-0.15, -0.1) is 0 Å². The molecule has 0 fully saturated rings. The Morgan fingerprint density at radius 2 is 1.55 bits per heavy atom. The van der Waals surface area contributed by atoms with Gasteiger partial charge in [-0.2, -0.15) is 16.8 Å². The second kappa shape index (κ2) is 9.82. The Kier molecular flexibility index (Phi) is 6.45. The van der Waals surface area contributed by atoms with Gasteiger partial charge in [0.2, 0.25) is 5.36 Å². The standard InChI is InChI=1S/C29H23NO11S3/c31-42(32,33)19-7-10-21(25(15-19)43(34,35)36)26-22-8-5-16-13-18(41-44(37,38)39)6-9-20(16)28(22)40-29-23-4-2-12-30-11-1-3-17(27(23)30)14-24(26)29/h5-10,13-15H,1-4,11-12H2,(H2-,31,32,33,34,35,36,37,38,39). The molecule has 0 radical (unpaired) electrons. The highest BCUT2D eigenvalue weighted by atomic mass is 32.3. The van der Waals surface area contributed by atoms with Crippen molar-refractivity contribution >= 4 is 47.0 Å². The normalized spacial score (nSPS) is 16.2. The summed E-state index contributed by atoms with van der Waals surface area (Å²) in [6, 6.07) is 12.3. The van der Waals surface area contributed by atoms with Crippen LogP contribution in [0.25, 0.3) is 16.3 Å². The van der Waals surface area contributed by atoms with Crippen molar-refractivity contribution in [2.45, 2.75) is 35.5 Å². The summed E-state index contributed by atoms with van der Waals surface area (Å²) >= 11 is 0. The topological polar surface area (TPSA) is 187 Å². The molecule has 2 N–H and O–H groups in total. The Hall–Kier alpha value is -3.86. The lowest BCUT2D eigenvalue weighted by Crippen LogP contribution is -2.45. The highest BCUT2D eigenvalue weighted by Crippen LogP contribution is 2.44. The Bertz CT molecular complexity index is 2410. The van der Waals surface area contributed by atoms with Crippen LogP contribution in [0, 0.1) is 0 Å². The smallest absolute Gasteiger partial charge is 0.446 e. The Morgan fingerprint density at radius 3 is 2.25 bits per heavy atom. The predicted octanol–water partition coefficient (Wildman–Crippen LogP) is 1.91. The van der Waals surface area contributed by atoms with E-state index in [1.165, 1.54) is 24.3 Å². The molecule has 44 heavy (non-hydrogen) atoms. The van der Waals surface area contributed by atoms with Crippen molar-refractivity contribution in [1.82, 2.24) is 4.58 Å². The van der Waals surface area contributed by atoms with Crippen LogP contribution in [0.2, 0.25) is 0 Å². The Labute approximate surface area is 252 Å². The van der Waals surface area contributed by atoms with Crippen LogP contribution in [0.4, 0.5) is 0 Å². The van der Waals surface area contributed by atoms with E-state index in [-0.39, 0.29) is 11.3 Å². The van der Waals surface area contributed by atoms with Crippen LogP contribution in [0.5, 0.6) is 17.2 Å². The first-order valence-corrected chi connectivity index (χ1v) is 17.7. The van der Waals surface area contributed by atoms with Crippen LogP contribution in [0.15, 0.2) is 64.4 Å². The maximum atomic E-state index is 12.7. The van der Waals surface area contributed by atoms with Crippen molar-refractivity contribution in [1.29, 1.82) is 0 Å². The van der Waals surface area contributed by atoms with Crippen LogP contribution in [0.3, 0.4) is 0 Å². The van der Waals surface area contributed by atoms with Gasteiger partial charge in [-0.3, -0.25) is 9.11 Å². The highest BCUT2D eigenvalue weighted by molar-refractivity contribution is 7.86. The third kappa shape index (κ3) is 4.85. The summed E-state index contributed by atoms with van der Waals surface area (Å²) in [7, 11) is -14.9. The second-order valence-corrected chi connectivity index (χ2v) is 14.6. The SMILES string of the molecule is O=S(=O)(O)Oc1ccc2c3c(ccc2c1)C(c1ccc(S(=O)(=O)[O-])cc1S(=O)(=O)O)=c1cc2c4c(c1O3)CCC[N+]=4CCC2. The first-order valence-electron chi connectivity index (χ1n) is 13.5. The van der Waals surface area contributed by atoms with E-state index < -0.39 is 40.4 Å². The minimum atomic E-state index is -5.06. The molecule has 0 saturated heterocycles. The number of hydrogen-bond donors (Lipinski definition) is 2. The van der Waals surface area contributed by atoms with Gasteiger partial charge in [-0.1, -0.05) is 12.1 Å². The molecule has 0 aromatic heterocycles. The molecule has 3 aliphatic rings. The first-order chi connectivity index (χ1) is 20.7. The summed E-state index contributed by atoms with van der Waals surface area (Å²) in [4.78, 5) is -1.57. The largest absolute Gasteiger partial charge is 0.744 e. The number of hydrogen-bond acceptors (Lipinski definition) is 9. The molecule has 0 spiro atoms. The van der Waals surface area contributed by atoms with Gasteiger partial charge in [0.15, 0.2) is 0 Å². The van der Waals surface area contributed by atoms with Crippen molar-refractivity contribution in [3.05, 3.63) is 87.4 Å². The monoisotopic (exact) mass is 657 g/mol. The summed E-state index contributed by atoms with van der Waals surface area (Å²) in [5, 5.41) is 2.58. The molecule has 3 aliphatic heterocycles. The van der Waals surface area contributed by atoms with Crippen molar-refractivity contribution in [3.63, 3.8) is 0 Å². The summed E-state index contributed by atoms with van der Waals surface area (Å²) < 4.78 is 116. The molecular formula is C29H23NO11S3. The van der Waals surface area contributed by atoms with Crippen molar-refractivity contribution < 1.29 is 47.8 Å². The molecule has 0 bridgehead atoms. The minimum Gasteiger partial charge on any atom is -0.744 e. The fourth-order valence-electron chi connectivity index (χ4n) is 6.51. The molecule has 0 atom stereocenters. The van der Waals surface area contributed by atoms with Gasteiger partial charge in [-0.25, -0.2) is 13.0 Å². The molecular weight excluding hydrogens is 635 g/mol. The van der Waals surface area contributed by atoms with E-state index in [9.17, 15) is 34.4 Å². The van der Waals surface area contributed by atoms with Gasteiger partial charge in [0.25, 0.3) is 10.1 Å². The zero-order valence-corrected chi connectivity index (χ0v) is 25.1. The Morgan fingerprint density at radius 1 is 0.818 bits per heavy atom. The number of aryl methyl sites for hydroxylation is 1. The van der Waals surface area contributed by atoms with Crippen LogP contribution >= 0.6 is 0 Å². The molecule has 15 heteroatoms. The van der Waals surface area contributed by atoms with Crippen molar-refractivity contribution in [3.8, 4) is 17.2 Å². The van der Waals surface area contributed by atoms with Gasteiger partial charge in [-0.05, 0) is 60.7 Å². The second-order valence-electron chi connectivity index (χ2n) is 10.8. The minimum absolute atomic E-state index is 0.0352. The summed E-state index contributed by atoms with van der Waals surface area (Å²) in [6.45, 7) is 1.76. The molecule has 228 valence electrons. The molecule has 0 saturated carbocycles. The fraction of sp³-hybridized carbons (Fsp3) is 0.207. The molecule has 0 aliphatic carbocycles. The fourth-order valence-corrected chi connectivity index (χ4v) is 8.15. The maximum Gasteiger partial charge on any atom is 0.446 e. The average Bonchev–Trinajstić information content (AvgIpc) is 2.94. The van der Waals surface area contributed by atoms with Crippen LogP contribution < -0.4 is 24.1 Å². The number of ether oxygens (including phenoxy) is 1. The molecule has 12 nitrogen and oxygen atoms in total. The lowest BCUT2D eigenvalue weighted by Gasteiger charge is -2.27. The van der Waals surface area contributed by atoms with Gasteiger partial charge >= 0.3 is 10.4 Å². The third-order valence-electron chi connectivity index (χ3n) is 8.15. The lowest BCUT2D eigenvalue weighted by molar-refractivity contribution is 0.387. The molecule has 3 heterocycles. The summed E-state index contributed by atoms with van der Waals surface area (Å²) in [6.07, 6.45) is 3.23. The van der Waals surface area contributed by atoms with Gasteiger partial charge in [0, 0.05) is 45.7 Å². The first kappa shape index (κ1) is 28.9. The molecule has 7 rings (SSSR count). The average molecular weight is 658 g/mol. The number of fused-ring (bicyclic) bond motifs is 5. The van der Waals surface area contributed by atoms with Crippen molar-refractivity contribution in [2.24, 2.45) is 0 Å². The number of nitrogens with zero attached hydrogens (tertiary/aromatic N) is 1. The van der Waals surface area contributed by atoms with E-state index in [4.69, 9.17) is 9.29 Å². The van der Waals surface area contributed by atoms with E-state index in [1.807, 2.05) is 6.07 Å². The number of benzene rings is 4. The molecule has 0 amide bonds. The van der Waals surface area contributed by atoms with E-state index >= 15 is 0 Å². The van der Waals surface area contributed by atoms with E-state index in [0.717, 1.165) is 54.9 Å². The number of rotatable bonds is 5. The van der Waals surface area contributed by atoms with Crippen LogP contribution in [-0.4, -0.2) is 52.0 Å². The van der Waals surface area contributed by atoms with Gasteiger partial charge < -0.3 is 13.5 Å². The third-order valence-corrected chi connectivity index (χ3v) is 10.3. The summed E-state index contributed by atoms with van der Waals surface area (Å²) in [5.41, 5.74) is 2.70. The predicted molar refractivity (Wildman–Crippen MR) is 155 cm³/mol. The van der Waals surface area contributed by atoms with Crippen LogP contribution in [0.1, 0.15) is 35.1 Å². The molecule has 4 aromatic rings. The van der Waals surface area contributed by atoms with Crippen molar-refractivity contribution in [2.75, 3.05) is 13.1 Å². The zero-order valence-electron chi connectivity index (χ0n) is 22.7. The van der Waals surface area contributed by atoms with Gasteiger partial charge in [0.05, 0.1) is 10.5 Å². The molecule has 0 unspecified atom stereocenters. The highest BCUT2D eigenvalue weighted by Gasteiger charge is 2.33. The van der Waals surface area contributed by atoms with E-state index in [0.29, 0.717) is 51.1 Å². The van der Waals surface area contributed by atoms with Crippen LogP contribution in [-0.2, 0) is 43.5 Å². The molecule has 4 aromatic carbocycles. The summed E-state index contributed by atoms with van der Waals surface area (Å²) in [5.74, 6) is 0.628. The quantitative estimate of drug-likeness (QED) is 0.208. The van der Waals surface area contributed by atoms with E-state index in [2.05, 4.69) is 8.76 Å².